The molecule has 37 heavy (non-hydrogen) atoms. The summed E-state index contributed by atoms with van der Waals surface area (Å²) in [5.41, 5.74) is 2.76. The van der Waals surface area contributed by atoms with Crippen LogP contribution in [0.1, 0.15) is 49.5 Å². The quantitative estimate of drug-likeness (QED) is 0.446. The molecule has 0 aliphatic carbocycles. The Morgan fingerprint density at radius 2 is 1.68 bits per heavy atom. The standard InChI is InChI=1S/C28H31N3O5S/c1-28(2,3)20-12-10-19(11-13-20)27(33)29-21-7-5-8-22(17-21)30-37(34,35)23-14-15-25(36-4)24(18-23)31-16-6-9-26(31)32/h5,7-8,10-15,17-18,30H,6,9,16H2,1-4H3,(H,29,33). The van der Waals surface area contributed by atoms with Crippen LogP contribution in [0.3, 0.4) is 0 Å². The maximum Gasteiger partial charge on any atom is 0.261 e. The zero-order valence-corrected chi connectivity index (χ0v) is 22.2. The molecule has 194 valence electrons. The van der Waals surface area contributed by atoms with Gasteiger partial charge in [0, 0.05) is 24.2 Å². The third-order valence-electron chi connectivity index (χ3n) is 6.21. The van der Waals surface area contributed by atoms with Crippen LogP contribution in [-0.2, 0) is 20.2 Å². The number of nitrogens with zero attached hydrogens (tertiary/aromatic N) is 1. The van der Waals surface area contributed by atoms with E-state index in [1.54, 1.807) is 41.3 Å². The molecule has 4 rings (SSSR count). The fourth-order valence-corrected chi connectivity index (χ4v) is 5.22. The number of hydrogen-bond acceptors (Lipinski definition) is 5. The zero-order chi connectivity index (χ0) is 26.8. The summed E-state index contributed by atoms with van der Waals surface area (Å²) in [4.78, 5) is 26.5. The first-order chi connectivity index (χ1) is 17.5. The normalized spacial score (nSPS) is 13.9. The van der Waals surface area contributed by atoms with Gasteiger partial charge in [0.2, 0.25) is 5.91 Å². The van der Waals surface area contributed by atoms with Crippen LogP contribution in [0.2, 0.25) is 0 Å². The van der Waals surface area contributed by atoms with Crippen molar-refractivity contribution < 1.29 is 22.7 Å². The van der Waals surface area contributed by atoms with Gasteiger partial charge in [0.25, 0.3) is 15.9 Å². The predicted molar refractivity (Wildman–Crippen MR) is 145 cm³/mol. The first-order valence-corrected chi connectivity index (χ1v) is 13.5. The van der Waals surface area contributed by atoms with Crippen molar-refractivity contribution in [3.05, 3.63) is 77.9 Å². The number of sulfonamides is 1. The Balaban J connectivity index is 1.52. The van der Waals surface area contributed by atoms with Gasteiger partial charge in [-0.25, -0.2) is 8.42 Å². The molecule has 3 aromatic rings. The molecular weight excluding hydrogens is 490 g/mol. The Morgan fingerprint density at radius 3 is 2.30 bits per heavy atom. The minimum absolute atomic E-state index is 0.00335. The van der Waals surface area contributed by atoms with Crippen LogP contribution in [0.15, 0.2) is 71.6 Å². The lowest BCUT2D eigenvalue weighted by molar-refractivity contribution is -0.117. The van der Waals surface area contributed by atoms with Crippen molar-refractivity contribution in [3.63, 3.8) is 0 Å². The van der Waals surface area contributed by atoms with Crippen molar-refractivity contribution in [2.24, 2.45) is 0 Å². The monoisotopic (exact) mass is 521 g/mol. The van der Waals surface area contributed by atoms with Crippen molar-refractivity contribution in [2.45, 2.75) is 43.9 Å². The van der Waals surface area contributed by atoms with Crippen LogP contribution in [0.25, 0.3) is 0 Å². The molecule has 2 N–H and O–H groups in total. The highest BCUT2D eigenvalue weighted by atomic mass is 32.2. The molecule has 0 atom stereocenters. The summed E-state index contributed by atoms with van der Waals surface area (Å²) in [5.74, 6) is 0.0577. The minimum Gasteiger partial charge on any atom is -0.495 e. The number of nitrogens with one attached hydrogen (secondary N) is 2. The predicted octanol–water partition coefficient (Wildman–Crippen LogP) is 5.17. The fourth-order valence-electron chi connectivity index (χ4n) is 4.15. The molecule has 1 heterocycles. The molecule has 8 nitrogen and oxygen atoms in total. The van der Waals surface area contributed by atoms with Crippen molar-refractivity contribution in [1.82, 2.24) is 0 Å². The van der Waals surface area contributed by atoms with E-state index in [0.717, 1.165) is 5.56 Å². The Kier molecular flexibility index (Phi) is 7.27. The van der Waals surface area contributed by atoms with E-state index >= 15 is 0 Å². The van der Waals surface area contributed by atoms with Crippen LogP contribution < -0.4 is 19.7 Å². The van der Waals surface area contributed by atoms with Gasteiger partial charge in [0.1, 0.15) is 5.75 Å². The molecule has 0 radical (unpaired) electrons. The molecule has 0 saturated carbocycles. The van der Waals surface area contributed by atoms with E-state index in [0.29, 0.717) is 42.1 Å². The SMILES string of the molecule is COc1ccc(S(=O)(=O)Nc2cccc(NC(=O)c3ccc(C(C)(C)C)cc3)c2)cc1N1CCCC1=O. The second-order valence-corrected chi connectivity index (χ2v) is 11.6. The molecule has 0 bridgehead atoms. The summed E-state index contributed by atoms with van der Waals surface area (Å²) < 4.78 is 34.3. The lowest BCUT2D eigenvalue weighted by Crippen LogP contribution is -2.25. The Labute approximate surface area is 217 Å². The van der Waals surface area contributed by atoms with Gasteiger partial charge in [0.15, 0.2) is 0 Å². The number of hydrogen-bond donors (Lipinski definition) is 2. The molecule has 0 spiro atoms. The summed E-state index contributed by atoms with van der Waals surface area (Å²) in [6, 6.07) is 18.3. The van der Waals surface area contributed by atoms with E-state index in [1.165, 1.54) is 25.3 Å². The molecule has 9 heteroatoms. The molecule has 3 aromatic carbocycles. The first kappa shape index (κ1) is 26.2. The zero-order valence-electron chi connectivity index (χ0n) is 21.4. The van der Waals surface area contributed by atoms with Crippen molar-refractivity contribution in [3.8, 4) is 5.75 Å². The van der Waals surface area contributed by atoms with Crippen molar-refractivity contribution in [2.75, 3.05) is 28.6 Å². The second-order valence-electron chi connectivity index (χ2n) is 9.95. The summed E-state index contributed by atoms with van der Waals surface area (Å²) in [6.45, 7) is 6.82. The number of anilines is 3. The second kappa shape index (κ2) is 10.3. The van der Waals surface area contributed by atoms with Gasteiger partial charge in [-0.2, -0.15) is 0 Å². The lowest BCUT2D eigenvalue weighted by Gasteiger charge is -2.20. The average Bonchev–Trinajstić information content (AvgIpc) is 3.28. The van der Waals surface area contributed by atoms with Crippen LogP contribution >= 0.6 is 0 Å². The first-order valence-electron chi connectivity index (χ1n) is 12.0. The maximum absolute atomic E-state index is 13.2. The third-order valence-corrected chi connectivity index (χ3v) is 7.59. The molecule has 2 amide bonds. The molecule has 1 aliphatic rings. The summed E-state index contributed by atoms with van der Waals surface area (Å²) in [6.07, 6.45) is 1.12. The highest BCUT2D eigenvalue weighted by Crippen LogP contribution is 2.34. The topological polar surface area (TPSA) is 105 Å². The van der Waals surface area contributed by atoms with E-state index < -0.39 is 10.0 Å². The minimum atomic E-state index is -3.98. The molecule has 0 unspecified atom stereocenters. The third kappa shape index (κ3) is 5.94. The number of carbonyl (C=O) groups is 2. The van der Waals surface area contributed by atoms with Gasteiger partial charge in [-0.05, 0) is 65.9 Å². The van der Waals surface area contributed by atoms with Crippen LogP contribution in [0.5, 0.6) is 5.75 Å². The van der Waals surface area contributed by atoms with Crippen LogP contribution in [-0.4, -0.2) is 33.9 Å². The summed E-state index contributed by atoms with van der Waals surface area (Å²) in [5, 5.41) is 2.81. The Morgan fingerprint density at radius 1 is 0.973 bits per heavy atom. The van der Waals surface area contributed by atoms with Crippen LogP contribution in [0, 0.1) is 0 Å². The highest BCUT2D eigenvalue weighted by Gasteiger charge is 2.26. The van der Waals surface area contributed by atoms with Crippen molar-refractivity contribution in [1.29, 1.82) is 0 Å². The van der Waals surface area contributed by atoms with E-state index in [1.807, 2.05) is 12.1 Å². The molecule has 0 aromatic heterocycles. The molecular formula is C28H31N3O5S. The number of methoxy groups -OCH3 is 1. The Hall–Kier alpha value is -3.85. The van der Waals surface area contributed by atoms with Gasteiger partial charge in [-0.1, -0.05) is 39.0 Å². The molecule has 1 saturated heterocycles. The smallest absolute Gasteiger partial charge is 0.261 e. The van der Waals surface area contributed by atoms with E-state index in [4.69, 9.17) is 4.74 Å². The summed E-state index contributed by atoms with van der Waals surface area (Å²) >= 11 is 0. The number of amides is 2. The molecule has 1 aliphatic heterocycles. The lowest BCUT2D eigenvalue weighted by atomic mass is 9.87. The van der Waals surface area contributed by atoms with Gasteiger partial charge < -0.3 is 15.0 Å². The van der Waals surface area contributed by atoms with Gasteiger partial charge in [0.05, 0.1) is 23.4 Å². The number of carbonyl (C=O) groups excluding carboxylic acids is 2. The fraction of sp³-hybridized carbons (Fsp3) is 0.286. The number of rotatable bonds is 7. The number of benzene rings is 3. The largest absolute Gasteiger partial charge is 0.495 e. The van der Waals surface area contributed by atoms with Gasteiger partial charge >= 0.3 is 0 Å². The molecule has 1 fully saturated rings. The van der Waals surface area contributed by atoms with Crippen LogP contribution in [0.4, 0.5) is 17.1 Å². The summed E-state index contributed by atoms with van der Waals surface area (Å²) in [7, 11) is -2.50. The number of ether oxygens (including phenoxy) is 1. The van der Waals surface area contributed by atoms with Gasteiger partial charge in [-0.3, -0.25) is 14.3 Å². The average molecular weight is 522 g/mol. The van der Waals surface area contributed by atoms with Crippen molar-refractivity contribution >= 4 is 38.9 Å². The van der Waals surface area contributed by atoms with E-state index in [-0.39, 0.29) is 27.8 Å². The van der Waals surface area contributed by atoms with E-state index in [9.17, 15) is 18.0 Å². The maximum atomic E-state index is 13.2. The van der Waals surface area contributed by atoms with E-state index in [2.05, 4.69) is 30.8 Å². The highest BCUT2D eigenvalue weighted by molar-refractivity contribution is 7.92. The Bertz CT molecular complexity index is 1430. The van der Waals surface area contributed by atoms with Gasteiger partial charge in [-0.15, -0.1) is 0 Å².